The lowest BCUT2D eigenvalue weighted by Gasteiger charge is -2.16. The molecule has 0 fully saturated rings. The van der Waals surface area contributed by atoms with Crippen molar-refractivity contribution in [2.75, 3.05) is 19.6 Å². The van der Waals surface area contributed by atoms with Crippen molar-refractivity contribution in [3.8, 4) is 0 Å². The van der Waals surface area contributed by atoms with E-state index in [1.807, 2.05) is 6.92 Å². The third-order valence-electron chi connectivity index (χ3n) is 1.90. The molecule has 0 saturated carbocycles. The molecule has 0 aliphatic carbocycles. The molecule has 0 aromatic heterocycles. The molecule has 0 aromatic carbocycles. The predicted molar refractivity (Wildman–Crippen MR) is 49.7 cm³/mol. The van der Waals surface area contributed by atoms with Crippen LogP contribution in [0.15, 0.2) is 5.10 Å². The van der Waals surface area contributed by atoms with E-state index in [2.05, 4.69) is 23.8 Å². The van der Waals surface area contributed by atoms with Gasteiger partial charge in [0.15, 0.2) is 0 Å². The van der Waals surface area contributed by atoms with Crippen molar-refractivity contribution >= 4 is 5.71 Å². The van der Waals surface area contributed by atoms with E-state index in [1.165, 1.54) is 0 Å². The number of hydrazone groups is 1. The highest BCUT2D eigenvalue weighted by atomic mass is 15.1. The Hall–Kier alpha value is -0.570. The summed E-state index contributed by atoms with van der Waals surface area (Å²) in [4.78, 5) is 2.36. The van der Waals surface area contributed by atoms with E-state index in [0.717, 1.165) is 31.8 Å². The van der Waals surface area contributed by atoms with Gasteiger partial charge in [-0.05, 0) is 26.4 Å². The summed E-state index contributed by atoms with van der Waals surface area (Å²) in [6.07, 6.45) is 0.984. The molecule has 66 valence electrons. The normalized spacial score (nSPS) is 12.5. The Balaban J connectivity index is 3.50. The van der Waals surface area contributed by atoms with Crippen LogP contribution in [0.4, 0.5) is 0 Å². The summed E-state index contributed by atoms with van der Waals surface area (Å²) in [6, 6.07) is 0. The van der Waals surface area contributed by atoms with Gasteiger partial charge < -0.3 is 10.7 Å². The maximum Gasteiger partial charge on any atom is 0.0357 e. The van der Waals surface area contributed by atoms with E-state index in [9.17, 15) is 0 Å². The predicted octanol–water partition coefficient (Wildman–Crippen LogP) is 1.05. The molecule has 0 amide bonds. The molecular weight excluding hydrogens is 138 g/mol. The molecule has 0 spiro atoms. The minimum atomic E-state index is 0.984. The number of hydrogen-bond acceptors (Lipinski definition) is 3. The molecule has 0 saturated heterocycles. The third kappa shape index (κ3) is 4.79. The molecule has 0 bridgehead atoms. The quantitative estimate of drug-likeness (QED) is 0.368. The largest absolute Gasteiger partial charge is 0.323 e. The van der Waals surface area contributed by atoms with Crippen molar-refractivity contribution in [3.63, 3.8) is 0 Å². The molecule has 2 N–H and O–H groups in total. The minimum absolute atomic E-state index is 0.984. The number of nitrogens with two attached hydrogens (primary N) is 1. The average molecular weight is 157 g/mol. The van der Waals surface area contributed by atoms with Crippen LogP contribution in [0.5, 0.6) is 0 Å². The highest BCUT2D eigenvalue weighted by Crippen LogP contribution is 1.91. The van der Waals surface area contributed by atoms with Gasteiger partial charge >= 0.3 is 0 Å². The van der Waals surface area contributed by atoms with Crippen molar-refractivity contribution in [2.24, 2.45) is 10.9 Å². The molecule has 0 aliphatic heterocycles. The van der Waals surface area contributed by atoms with Crippen molar-refractivity contribution in [3.05, 3.63) is 0 Å². The van der Waals surface area contributed by atoms with E-state index in [4.69, 9.17) is 5.84 Å². The topological polar surface area (TPSA) is 41.6 Å². The van der Waals surface area contributed by atoms with Gasteiger partial charge in [-0.15, -0.1) is 0 Å². The van der Waals surface area contributed by atoms with Gasteiger partial charge in [0.2, 0.25) is 0 Å². The first-order chi connectivity index (χ1) is 5.24. The summed E-state index contributed by atoms with van der Waals surface area (Å²) in [5.74, 6) is 5.11. The van der Waals surface area contributed by atoms with Crippen LogP contribution in [-0.2, 0) is 0 Å². The number of hydrogen-bond donors (Lipinski definition) is 1. The maximum atomic E-state index is 5.11. The van der Waals surface area contributed by atoms with Crippen LogP contribution >= 0.6 is 0 Å². The Bertz CT molecular complexity index is 117. The second-order valence-electron chi connectivity index (χ2n) is 2.64. The van der Waals surface area contributed by atoms with Crippen molar-refractivity contribution < 1.29 is 0 Å². The zero-order chi connectivity index (χ0) is 8.69. The Morgan fingerprint density at radius 3 is 2.27 bits per heavy atom. The van der Waals surface area contributed by atoms with Crippen LogP contribution < -0.4 is 5.84 Å². The summed E-state index contributed by atoms with van der Waals surface area (Å²) in [6.45, 7) is 9.57. The van der Waals surface area contributed by atoms with Gasteiger partial charge in [0, 0.05) is 12.3 Å². The van der Waals surface area contributed by atoms with Gasteiger partial charge in [-0.1, -0.05) is 13.8 Å². The molecule has 0 rings (SSSR count). The molecular formula is C8H19N3. The molecule has 3 heteroatoms. The Morgan fingerprint density at radius 1 is 1.36 bits per heavy atom. The Morgan fingerprint density at radius 2 is 1.91 bits per heavy atom. The average Bonchev–Trinajstić information content (AvgIpc) is 2.06. The summed E-state index contributed by atoms with van der Waals surface area (Å²) in [5.41, 5.74) is 1.02. The van der Waals surface area contributed by atoms with E-state index < -0.39 is 0 Å². The fraction of sp³-hybridized carbons (Fsp3) is 0.875. The molecule has 0 aliphatic rings. The van der Waals surface area contributed by atoms with E-state index in [0.29, 0.717) is 0 Å². The van der Waals surface area contributed by atoms with Crippen LogP contribution in [0.1, 0.15) is 27.2 Å². The first kappa shape index (κ1) is 10.4. The first-order valence-corrected chi connectivity index (χ1v) is 4.20. The molecule has 0 radical (unpaired) electrons. The monoisotopic (exact) mass is 157 g/mol. The molecule has 0 heterocycles. The summed E-state index contributed by atoms with van der Waals surface area (Å²) >= 11 is 0. The van der Waals surface area contributed by atoms with Gasteiger partial charge in [0.25, 0.3) is 0 Å². The first-order valence-electron chi connectivity index (χ1n) is 4.20. The standard InChI is InChI=1S/C8H19N3/c1-4-11(5-2)7-6-8(3)10-9/h4-7,9H2,1-3H3. The smallest absolute Gasteiger partial charge is 0.0357 e. The zero-order valence-corrected chi connectivity index (χ0v) is 7.80. The van der Waals surface area contributed by atoms with Gasteiger partial charge in [-0.2, -0.15) is 5.10 Å². The van der Waals surface area contributed by atoms with Gasteiger partial charge in [-0.25, -0.2) is 0 Å². The zero-order valence-electron chi connectivity index (χ0n) is 7.80. The number of rotatable bonds is 5. The highest BCUT2D eigenvalue weighted by molar-refractivity contribution is 5.81. The lowest BCUT2D eigenvalue weighted by atomic mass is 10.3. The summed E-state index contributed by atoms with van der Waals surface area (Å²) < 4.78 is 0. The summed E-state index contributed by atoms with van der Waals surface area (Å²) in [5, 5.41) is 3.62. The molecule has 0 atom stereocenters. The number of nitrogens with zero attached hydrogens (tertiary/aromatic N) is 2. The van der Waals surface area contributed by atoms with Crippen molar-refractivity contribution in [1.29, 1.82) is 0 Å². The fourth-order valence-electron chi connectivity index (χ4n) is 0.924. The van der Waals surface area contributed by atoms with Crippen LogP contribution in [0, 0.1) is 0 Å². The van der Waals surface area contributed by atoms with E-state index in [-0.39, 0.29) is 0 Å². The Kier molecular flexibility index (Phi) is 5.84. The van der Waals surface area contributed by atoms with Crippen LogP contribution in [0.3, 0.4) is 0 Å². The molecule has 0 aromatic rings. The van der Waals surface area contributed by atoms with Crippen LogP contribution in [0.25, 0.3) is 0 Å². The van der Waals surface area contributed by atoms with Gasteiger partial charge in [-0.3, -0.25) is 0 Å². The Labute approximate surface area is 69.3 Å². The second kappa shape index (κ2) is 6.16. The van der Waals surface area contributed by atoms with Crippen molar-refractivity contribution in [1.82, 2.24) is 4.90 Å². The van der Waals surface area contributed by atoms with Crippen molar-refractivity contribution in [2.45, 2.75) is 27.2 Å². The minimum Gasteiger partial charge on any atom is -0.323 e. The molecule has 0 unspecified atom stereocenters. The lowest BCUT2D eigenvalue weighted by Crippen LogP contribution is -2.25. The van der Waals surface area contributed by atoms with E-state index >= 15 is 0 Å². The molecule has 11 heavy (non-hydrogen) atoms. The van der Waals surface area contributed by atoms with Gasteiger partial charge in [0.05, 0.1) is 0 Å². The third-order valence-corrected chi connectivity index (χ3v) is 1.90. The molecule has 3 nitrogen and oxygen atoms in total. The van der Waals surface area contributed by atoms with Gasteiger partial charge in [0.1, 0.15) is 0 Å². The highest BCUT2D eigenvalue weighted by Gasteiger charge is 1.98. The van der Waals surface area contributed by atoms with E-state index in [1.54, 1.807) is 0 Å². The van der Waals surface area contributed by atoms with Crippen LogP contribution in [-0.4, -0.2) is 30.2 Å². The SMILES string of the molecule is CCN(CC)CCC(C)=NN. The fourth-order valence-corrected chi connectivity index (χ4v) is 0.924. The lowest BCUT2D eigenvalue weighted by molar-refractivity contribution is 0.313. The van der Waals surface area contributed by atoms with Crippen LogP contribution in [0.2, 0.25) is 0 Å². The summed E-state index contributed by atoms with van der Waals surface area (Å²) in [7, 11) is 0. The maximum absolute atomic E-state index is 5.11. The second-order valence-corrected chi connectivity index (χ2v) is 2.64.